The van der Waals surface area contributed by atoms with Crippen molar-refractivity contribution in [1.29, 1.82) is 0 Å². The molecule has 1 atom stereocenters. The van der Waals surface area contributed by atoms with Crippen LogP contribution in [-0.2, 0) is 11.2 Å². The van der Waals surface area contributed by atoms with Gasteiger partial charge in [-0.3, -0.25) is 0 Å². The van der Waals surface area contributed by atoms with Crippen LogP contribution in [0.3, 0.4) is 0 Å². The molecule has 0 radical (unpaired) electrons. The van der Waals surface area contributed by atoms with E-state index < -0.39 is 24.1 Å². The summed E-state index contributed by atoms with van der Waals surface area (Å²) in [6.07, 6.45) is 2.09. The number of halogens is 1. The minimum Gasteiger partial charge on any atom is -0.479 e. The van der Waals surface area contributed by atoms with Crippen LogP contribution >= 0.6 is 11.6 Å². The first-order valence-corrected chi connectivity index (χ1v) is 7.96. The predicted molar refractivity (Wildman–Crippen MR) is 93.2 cm³/mol. The maximum atomic E-state index is 12.0. The Morgan fingerprint density at radius 1 is 1.40 bits per heavy atom. The lowest BCUT2D eigenvalue weighted by Crippen LogP contribution is -2.47. The molecule has 0 aliphatic rings. The Bertz CT molecular complexity index is 788. The number of carboxylic acid groups (broad SMARTS) is 1. The fraction of sp³-hybridized carbons (Fsp3) is 0.312. The minimum absolute atomic E-state index is 0.432. The zero-order chi connectivity index (χ0) is 18.6. The third-order valence-corrected chi connectivity index (χ3v) is 3.79. The number of rotatable bonds is 6. The number of carbonyl (C=O) groups is 2. The largest absolute Gasteiger partial charge is 0.479 e. The number of aliphatic carboxylic acids is 1. The first kappa shape index (κ1) is 18.8. The van der Waals surface area contributed by atoms with E-state index in [0.717, 1.165) is 18.3 Å². The number of hydrogen-bond donors (Lipinski definition) is 4. The van der Waals surface area contributed by atoms with Gasteiger partial charge < -0.3 is 20.8 Å². The van der Waals surface area contributed by atoms with Crippen LogP contribution in [0, 0.1) is 0 Å². The number of carboxylic acids is 1. The van der Waals surface area contributed by atoms with Crippen molar-refractivity contribution in [3.63, 3.8) is 0 Å². The Balaban J connectivity index is 2.13. The third kappa shape index (κ3) is 4.49. The lowest BCUT2D eigenvalue weighted by molar-refractivity contribution is -0.155. The van der Waals surface area contributed by atoms with E-state index in [-0.39, 0.29) is 0 Å². The normalized spacial score (nSPS) is 13.1. The van der Waals surface area contributed by atoms with E-state index in [2.05, 4.69) is 15.7 Å². The molecule has 0 saturated carbocycles. The van der Waals surface area contributed by atoms with Gasteiger partial charge in [-0.1, -0.05) is 24.6 Å². The molecule has 0 aliphatic heterocycles. The van der Waals surface area contributed by atoms with Crippen LogP contribution in [0.2, 0.25) is 5.02 Å². The number of amides is 2. The Labute approximate surface area is 149 Å². The Kier molecular flexibility index (Phi) is 5.66. The maximum Gasteiger partial charge on any atom is 0.337 e. The molecule has 0 bridgehead atoms. The molecule has 25 heavy (non-hydrogen) atoms. The molecule has 2 aromatic rings. The monoisotopic (exact) mass is 366 g/mol. The smallest absolute Gasteiger partial charge is 0.337 e. The van der Waals surface area contributed by atoms with E-state index in [4.69, 9.17) is 16.7 Å². The fourth-order valence-electron chi connectivity index (χ4n) is 2.14. The van der Waals surface area contributed by atoms with E-state index in [1.807, 2.05) is 13.0 Å². The van der Waals surface area contributed by atoms with Crippen LogP contribution in [0.1, 0.15) is 19.5 Å². The van der Waals surface area contributed by atoms with Gasteiger partial charge in [0.1, 0.15) is 0 Å². The lowest BCUT2D eigenvalue weighted by Gasteiger charge is -2.18. The molecule has 8 nitrogen and oxygen atoms in total. The van der Waals surface area contributed by atoms with Crippen LogP contribution in [0.25, 0.3) is 5.69 Å². The third-order valence-electron chi connectivity index (χ3n) is 3.56. The molecular formula is C16H19ClN4O4. The van der Waals surface area contributed by atoms with E-state index in [9.17, 15) is 14.7 Å². The molecule has 0 spiro atoms. The average Bonchev–Trinajstić information content (AvgIpc) is 2.95. The highest BCUT2D eigenvalue weighted by Gasteiger charge is 2.30. The van der Waals surface area contributed by atoms with Crippen molar-refractivity contribution in [3.05, 3.63) is 41.2 Å². The highest BCUT2D eigenvalue weighted by Crippen LogP contribution is 2.22. The number of benzene rings is 1. The molecule has 134 valence electrons. The summed E-state index contributed by atoms with van der Waals surface area (Å²) in [5.41, 5.74) is -0.0559. The van der Waals surface area contributed by atoms with Gasteiger partial charge in [0.25, 0.3) is 0 Å². The molecule has 0 saturated heterocycles. The van der Waals surface area contributed by atoms with Crippen LogP contribution in [-0.4, -0.2) is 44.1 Å². The van der Waals surface area contributed by atoms with Gasteiger partial charge in [0, 0.05) is 5.02 Å². The van der Waals surface area contributed by atoms with Gasteiger partial charge in [0.2, 0.25) is 0 Å². The van der Waals surface area contributed by atoms with Crippen molar-refractivity contribution < 1.29 is 19.8 Å². The van der Waals surface area contributed by atoms with Crippen LogP contribution in [0.4, 0.5) is 10.5 Å². The number of anilines is 1. The van der Waals surface area contributed by atoms with Crippen molar-refractivity contribution >= 4 is 29.3 Å². The van der Waals surface area contributed by atoms with Gasteiger partial charge in [0.15, 0.2) is 5.60 Å². The number of hydrogen-bond acceptors (Lipinski definition) is 4. The molecule has 9 heteroatoms. The summed E-state index contributed by atoms with van der Waals surface area (Å²) in [4.78, 5) is 22.8. The molecule has 0 aliphatic carbocycles. The van der Waals surface area contributed by atoms with Crippen molar-refractivity contribution in [2.45, 2.75) is 25.9 Å². The van der Waals surface area contributed by atoms with Crippen molar-refractivity contribution in [3.8, 4) is 5.69 Å². The van der Waals surface area contributed by atoms with E-state index in [0.29, 0.717) is 17.1 Å². The lowest BCUT2D eigenvalue weighted by atomic mass is 10.1. The Morgan fingerprint density at radius 3 is 2.72 bits per heavy atom. The van der Waals surface area contributed by atoms with Crippen molar-refractivity contribution in [1.82, 2.24) is 15.1 Å². The zero-order valence-corrected chi connectivity index (χ0v) is 14.5. The summed E-state index contributed by atoms with van der Waals surface area (Å²) >= 11 is 6.00. The van der Waals surface area contributed by atoms with Gasteiger partial charge in [0.05, 0.1) is 29.8 Å². The SMILES string of the molecule is CCc1c(NC(=O)NCC(C)(O)C(=O)O)cnn1-c1cccc(Cl)c1. The molecular weight excluding hydrogens is 348 g/mol. The van der Waals surface area contributed by atoms with E-state index in [1.54, 1.807) is 22.9 Å². The number of aromatic nitrogens is 2. The van der Waals surface area contributed by atoms with Gasteiger partial charge in [-0.25, -0.2) is 14.3 Å². The highest BCUT2D eigenvalue weighted by atomic mass is 35.5. The number of nitrogens with one attached hydrogen (secondary N) is 2. The van der Waals surface area contributed by atoms with Crippen molar-refractivity contribution in [2.24, 2.45) is 0 Å². The van der Waals surface area contributed by atoms with E-state index in [1.165, 1.54) is 6.20 Å². The summed E-state index contributed by atoms with van der Waals surface area (Å²) < 4.78 is 1.66. The summed E-state index contributed by atoms with van der Waals surface area (Å²) in [5.74, 6) is -1.42. The van der Waals surface area contributed by atoms with Gasteiger partial charge >= 0.3 is 12.0 Å². The quantitative estimate of drug-likeness (QED) is 0.624. The zero-order valence-electron chi connectivity index (χ0n) is 13.8. The van der Waals surface area contributed by atoms with Crippen LogP contribution in [0.5, 0.6) is 0 Å². The molecule has 1 aromatic carbocycles. The minimum atomic E-state index is -2.05. The Morgan fingerprint density at radius 2 is 2.12 bits per heavy atom. The number of nitrogens with zero attached hydrogens (tertiary/aromatic N) is 2. The Hall–Kier alpha value is -2.58. The average molecular weight is 367 g/mol. The molecule has 0 fully saturated rings. The highest BCUT2D eigenvalue weighted by molar-refractivity contribution is 6.30. The maximum absolute atomic E-state index is 12.0. The first-order chi connectivity index (χ1) is 11.7. The topological polar surface area (TPSA) is 116 Å². The molecule has 4 N–H and O–H groups in total. The molecule has 1 unspecified atom stereocenters. The molecule has 2 amide bonds. The standard InChI is InChI=1S/C16H19ClN4O4/c1-3-13-12(20-15(24)18-9-16(2,25)14(22)23)8-19-21(13)11-6-4-5-10(17)7-11/h4-8,25H,3,9H2,1-2H3,(H,22,23)(H2,18,20,24). The van der Waals surface area contributed by atoms with Crippen molar-refractivity contribution in [2.75, 3.05) is 11.9 Å². The summed E-state index contributed by atoms with van der Waals surface area (Å²) in [6.45, 7) is 2.58. The van der Waals surface area contributed by atoms with Crippen LogP contribution in [0.15, 0.2) is 30.5 Å². The van der Waals surface area contributed by atoms with Gasteiger partial charge in [-0.05, 0) is 31.5 Å². The first-order valence-electron chi connectivity index (χ1n) is 7.58. The second-order valence-electron chi connectivity index (χ2n) is 5.64. The second-order valence-corrected chi connectivity index (χ2v) is 6.07. The van der Waals surface area contributed by atoms with E-state index >= 15 is 0 Å². The van der Waals surface area contributed by atoms with Gasteiger partial charge in [-0.2, -0.15) is 5.10 Å². The van der Waals surface area contributed by atoms with Gasteiger partial charge in [-0.15, -0.1) is 0 Å². The second kappa shape index (κ2) is 7.54. The number of urea groups is 1. The number of aliphatic hydroxyl groups is 1. The fourth-order valence-corrected chi connectivity index (χ4v) is 2.33. The summed E-state index contributed by atoms with van der Waals surface area (Å²) in [7, 11) is 0. The molecule has 1 heterocycles. The summed E-state index contributed by atoms with van der Waals surface area (Å²) in [5, 5.41) is 28.2. The van der Waals surface area contributed by atoms with Crippen LogP contribution < -0.4 is 10.6 Å². The molecule has 2 rings (SSSR count). The molecule has 1 aromatic heterocycles. The number of carbonyl (C=O) groups excluding carboxylic acids is 1. The summed E-state index contributed by atoms with van der Waals surface area (Å²) in [6, 6.07) is 6.50. The predicted octanol–water partition coefficient (Wildman–Crippen LogP) is 2.05.